The van der Waals surface area contributed by atoms with E-state index in [4.69, 9.17) is 8.74 Å². The van der Waals surface area contributed by atoms with E-state index in [1.165, 1.54) is 53.8 Å². The van der Waals surface area contributed by atoms with Crippen LogP contribution in [-0.4, -0.2) is 42.8 Å². The minimum Gasteiger partial charge on any atom is -0.480 e. The van der Waals surface area contributed by atoms with Gasteiger partial charge in [0.2, 0.25) is 0 Å². The molecule has 2 heterocycles. The summed E-state index contributed by atoms with van der Waals surface area (Å²) in [7, 11) is -4.39. The highest BCUT2D eigenvalue weighted by Gasteiger charge is 2.26. The van der Waals surface area contributed by atoms with Gasteiger partial charge in [-0.3, -0.25) is 4.79 Å². The summed E-state index contributed by atoms with van der Waals surface area (Å²) in [6.07, 6.45) is 5.62. The number of benzene rings is 2. The molecular weight excluding hydrogens is 470 g/mol. The summed E-state index contributed by atoms with van der Waals surface area (Å²) in [5, 5.41) is 9.57. The van der Waals surface area contributed by atoms with Gasteiger partial charge in [0, 0.05) is 29.5 Å². The fourth-order valence-corrected chi connectivity index (χ4v) is 5.07. The molecule has 12 heteroatoms. The number of aromatic nitrogens is 3. The molecule has 0 fully saturated rings. The Hall–Kier alpha value is -3.61. The van der Waals surface area contributed by atoms with Gasteiger partial charge < -0.3 is 18.4 Å². The van der Waals surface area contributed by atoms with Crippen molar-refractivity contribution < 1.29 is 31.3 Å². The Kier molecular flexibility index (Phi) is 6.22. The molecule has 0 aliphatic heterocycles. The first-order chi connectivity index (χ1) is 15.7. The molecule has 0 aliphatic rings. The maximum absolute atomic E-state index is 13.3. The van der Waals surface area contributed by atoms with Crippen molar-refractivity contribution in [1.29, 1.82) is 0 Å². The second kappa shape index (κ2) is 9.10. The van der Waals surface area contributed by atoms with E-state index in [1.807, 2.05) is 0 Å². The highest BCUT2D eigenvalue weighted by molar-refractivity contribution is 7.87. The predicted molar refractivity (Wildman–Crippen MR) is 119 cm³/mol. The third kappa shape index (κ3) is 4.92. The molecular formula is C21H17N3O7S2. The van der Waals surface area contributed by atoms with Crippen molar-refractivity contribution in [2.24, 2.45) is 0 Å². The van der Waals surface area contributed by atoms with E-state index in [0.29, 0.717) is 22.2 Å². The third-order valence-corrected chi connectivity index (χ3v) is 6.58. The lowest BCUT2D eigenvalue weighted by Crippen LogP contribution is -2.10. The number of carboxylic acid groups (broad SMARTS) is 1. The molecule has 33 heavy (non-hydrogen) atoms. The highest BCUT2D eigenvalue weighted by Crippen LogP contribution is 2.35. The molecule has 0 radical (unpaired) electrons. The van der Waals surface area contributed by atoms with Crippen LogP contribution in [0.25, 0.3) is 22.0 Å². The van der Waals surface area contributed by atoms with Gasteiger partial charge in [-0.15, -0.1) is 0 Å². The van der Waals surface area contributed by atoms with Crippen molar-refractivity contribution in [2.45, 2.75) is 17.2 Å². The van der Waals surface area contributed by atoms with Crippen LogP contribution in [-0.2, 0) is 38.3 Å². The number of nitrogens with zero attached hydrogens (tertiary/aromatic N) is 3. The van der Waals surface area contributed by atoms with E-state index >= 15 is 0 Å². The average Bonchev–Trinajstić information content (AvgIpc) is 3.14. The van der Waals surface area contributed by atoms with Crippen molar-refractivity contribution >= 4 is 38.1 Å². The smallest absolute Gasteiger partial charge is 0.341 e. The fraction of sp³-hybridized carbons (Fsp3) is 0.0952. The zero-order valence-electron chi connectivity index (χ0n) is 16.9. The fourth-order valence-electron chi connectivity index (χ4n) is 3.41. The maximum Gasteiger partial charge on any atom is 0.341 e. The van der Waals surface area contributed by atoms with E-state index in [1.54, 1.807) is 18.2 Å². The van der Waals surface area contributed by atoms with Crippen LogP contribution in [0.2, 0.25) is 0 Å². The summed E-state index contributed by atoms with van der Waals surface area (Å²) in [6, 6.07) is 10.7. The van der Waals surface area contributed by atoms with Gasteiger partial charge in [-0.2, -0.15) is 8.42 Å². The van der Waals surface area contributed by atoms with Crippen LogP contribution >= 0.6 is 0 Å². The normalized spacial score (nSPS) is 12.5. The molecule has 0 saturated carbocycles. The first-order valence-corrected chi connectivity index (χ1v) is 12.1. The van der Waals surface area contributed by atoms with Crippen molar-refractivity contribution in [3.05, 3.63) is 72.9 Å². The zero-order valence-corrected chi connectivity index (χ0v) is 18.5. The van der Waals surface area contributed by atoms with Crippen molar-refractivity contribution in [3.63, 3.8) is 0 Å². The largest absolute Gasteiger partial charge is 0.480 e. The first kappa shape index (κ1) is 22.6. The van der Waals surface area contributed by atoms with Crippen LogP contribution in [0.1, 0.15) is 5.56 Å². The van der Waals surface area contributed by atoms with Crippen LogP contribution < -0.4 is 4.18 Å². The standard InChI is InChI=1S/C21H17N3O7S2/c25-20(26)11-24-10-19(21-17(2-1-3-18(21)24)15-8-22-13-23-9-15)33(29,30)31-16-6-4-14(5-7-16)12-32(27)28/h1-10,13H,11-12H2,(H,25,26)(H,27,28). The number of hydrogen-bond donors (Lipinski definition) is 2. The van der Waals surface area contributed by atoms with Gasteiger partial charge in [0.05, 0.1) is 11.3 Å². The molecule has 2 aromatic carbocycles. The SMILES string of the molecule is O=C(O)Cn1cc(S(=O)(=O)Oc2ccc(CS(=O)O)cc2)c2c(-c3cncnc3)cccc21. The van der Waals surface area contributed by atoms with Crippen LogP contribution in [0.3, 0.4) is 0 Å². The van der Waals surface area contributed by atoms with E-state index < -0.39 is 33.7 Å². The van der Waals surface area contributed by atoms with Crippen LogP contribution in [0.4, 0.5) is 0 Å². The Morgan fingerprint density at radius 3 is 2.42 bits per heavy atom. The molecule has 4 rings (SSSR count). The summed E-state index contributed by atoms with van der Waals surface area (Å²) in [6.45, 7) is -0.451. The van der Waals surface area contributed by atoms with Gasteiger partial charge in [-0.1, -0.05) is 24.3 Å². The van der Waals surface area contributed by atoms with E-state index in [9.17, 15) is 22.5 Å². The molecule has 1 unspecified atom stereocenters. The quantitative estimate of drug-likeness (QED) is 0.282. The van der Waals surface area contributed by atoms with E-state index in [0.717, 1.165) is 0 Å². The maximum atomic E-state index is 13.3. The lowest BCUT2D eigenvalue weighted by atomic mass is 10.0. The number of carbonyl (C=O) groups is 1. The number of fused-ring (bicyclic) bond motifs is 1. The van der Waals surface area contributed by atoms with Gasteiger partial charge in [0.15, 0.2) is 11.1 Å². The molecule has 1 atom stereocenters. The minimum atomic E-state index is -4.39. The second-order valence-electron chi connectivity index (χ2n) is 6.99. The Morgan fingerprint density at radius 2 is 1.79 bits per heavy atom. The van der Waals surface area contributed by atoms with Crippen molar-refractivity contribution in [3.8, 4) is 16.9 Å². The number of aliphatic carboxylic acids is 1. The van der Waals surface area contributed by atoms with E-state index in [-0.39, 0.29) is 21.8 Å². The lowest BCUT2D eigenvalue weighted by Gasteiger charge is -2.09. The van der Waals surface area contributed by atoms with Crippen molar-refractivity contribution in [1.82, 2.24) is 14.5 Å². The van der Waals surface area contributed by atoms with Gasteiger partial charge in [0.25, 0.3) is 0 Å². The number of rotatable bonds is 8. The van der Waals surface area contributed by atoms with E-state index in [2.05, 4.69) is 9.97 Å². The summed E-state index contributed by atoms with van der Waals surface area (Å²) in [4.78, 5) is 19.1. The summed E-state index contributed by atoms with van der Waals surface area (Å²) >= 11 is -2.03. The Labute approximate surface area is 190 Å². The molecule has 4 aromatic rings. The molecule has 0 saturated heterocycles. The molecule has 2 aromatic heterocycles. The molecule has 0 aliphatic carbocycles. The topological polar surface area (TPSA) is 149 Å². The second-order valence-corrected chi connectivity index (χ2v) is 9.44. The van der Waals surface area contributed by atoms with Gasteiger partial charge >= 0.3 is 16.1 Å². The zero-order chi connectivity index (χ0) is 23.6. The lowest BCUT2D eigenvalue weighted by molar-refractivity contribution is -0.137. The predicted octanol–water partition coefficient (Wildman–Crippen LogP) is 2.67. The third-order valence-electron chi connectivity index (χ3n) is 4.74. The van der Waals surface area contributed by atoms with Crippen LogP contribution in [0, 0.1) is 0 Å². The Bertz CT molecular complexity index is 1450. The van der Waals surface area contributed by atoms with Crippen LogP contribution in [0.5, 0.6) is 5.75 Å². The molecule has 0 spiro atoms. The molecule has 0 amide bonds. The first-order valence-electron chi connectivity index (χ1n) is 9.44. The van der Waals surface area contributed by atoms with Gasteiger partial charge in [-0.25, -0.2) is 14.2 Å². The summed E-state index contributed by atoms with van der Waals surface area (Å²) < 4.78 is 53.1. The molecule has 10 nitrogen and oxygen atoms in total. The van der Waals surface area contributed by atoms with Crippen LogP contribution in [0.15, 0.2) is 72.3 Å². The minimum absolute atomic E-state index is 0.00197. The highest BCUT2D eigenvalue weighted by atomic mass is 32.2. The van der Waals surface area contributed by atoms with Gasteiger partial charge in [0.1, 0.15) is 23.5 Å². The average molecular weight is 488 g/mol. The molecule has 0 bridgehead atoms. The molecule has 170 valence electrons. The van der Waals surface area contributed by atoms with Crippen molar-refractivity contribution in [2.75, 3.05) is 0 Å². The van der Waals surface area contributed by atoms with Gasteiger partial charge in [-0.05, 0) is 29.3 Å². The number of hydrogen-bond acceptors (Lipinski definition) is 7. The summed E-state index contributed by atoms with van der Waals surface area (Å²) in [5.41, 5.74) is 1.97. The Balaban J connectivity index is 1.83. The number of carboxylic acids is 1. The summed E-state index contributed by atoms with van der Waals surface area (Å²) in [5.74, 6) is -1.23. The monoisotopic (exact) mass is 487 g/mol. The Morgan fingerprint density at radius 1 is 1.09 bits per heavy atom. The molecule has 2 N–H and O–H groups in total.